The van der Waals surface area contributed by atoms with Gasteiger partial charge in [0.25, 0.3) is 31.3 Å². The van der Waals surface area contributed by atoms with E-state index in [0.29, 0.717) is 12.8 Å². The average Bonchev–Trinajstić information content (AvgIpc) is 1.28. The summed E-state index contributed by atoms with van der Waals surface area (Å²) in [5.41, 5.74) is 10.2. The van der Waals surface area contributed by atoms with Crippen LogP contribution in [-0.4, -0.2) is 196 Å². The number of phosphoric ester groups is 6. The number of phosphoric acid groups is 6. The van der Waals surface area contributed by atoms with Crippen molar-refractivity contribution >= 4 is 116 Å². The van der Waals surface area contributed by atoms with Crippen molar-refractivity contribution in [1.82, 2.24) is 60.3 Å². The molecule has 4 aliphatic rings. The van der Waals surface area contributed by atoms with Crippen LogP contribution < -0.4 is 71.9 Å². The third-order valence-corrected chi connectivity index (χ3v) is 26.5. The normalized spacial score (nSPS) is 22.9. The number of aryl methyl sites for hydroxylation is 2. The van der Waals surface area contributed by atoms with Gasteiger partial charge >= 0.3 is 0 Å². The van der Waals surface area contributed by atoms with Crippen LogP contribution in [0.1, 0.15) is 154 Å². The lowest BCUT2D eigenvalue weighted by Gasteiger charge is -2.36. The van der Waals surface area contributed by atoms with E-state index in [1.165, 1.54) is 38.8 Å². The zero-order chi connectivity index (χ0) is 88.2. The van der Waals surface area contributed by atoms with Crippen LogP contribution in [-0.2, 0) is 114 Å². The summed E-state index contributed by atoms with van der Waals surface area (Å²) in [6.07, 6.45) is -3.99. The van der Waals surface area contributed by atoms with Crippen molar-refractivity contribution in [2.24, 2.45) is 21.7 Å². The smallest absolute Gasteiger partial charge is 0.274 e. The molecule has 4 amide bonds. The molecule has 0 spiro atoms. The lowest BCUT2D eigenvalue weighted by Crippen LogP contribution is -2.46. The minimum Gasteiger partial charge on any atom is -0.790 e. The monoisotopic (exact) mass is 1810 g/mol. The number of ether oxygens (including phenoxy) is 2. The van der Waals surface area contributed by atoms with Crippen molar-refractivity contribution in [3.63, 3.8) is 0 Å². The Labute approximate surface area is 685 Å². The lowest BCUT2D eigenvalue weighted by atomic mass is 9.87. The number of hydrogen-bond donors (Lipinski definition) is 10. The number of nitrogens with one attached hydrogen (secondary N) is 4. The maximum absolute atomic E-state index is 13.0. The molecule has 2 saturated carbocycles. The number of aliphatic hydroxyl groups is 4. The van der Waals surface area contributed by atoms with Crippen molar-refractivity contribution in [2.75, 3.05) is 64.1 Å². The number of carbonyl (C=O) groups excluding carboxylic acids is 6. The number of nitrogens with two attached hydrogens (primary N) is 2. The van der Waals surface area contributed by atoms with Crippen LogP contribution >= 0.6 is 46.9 Å². The van der Waals surface area contributed by atoms with Gasteiger partial charge in [-0.2, -0.15) is 0 Å². The summed E-state index contributed by atoms with van der Waals surface area (Å²) in [7, 11) is -35.6. The molecule has 48 nitrogen and oxygen atoms in total. The molecule has 0 radical (unpaired) electrons. The van der Waals surface area contributed by atoms with E-state index in [1.54, 1.807) is 0 Å². The van der Waals surface area contributed by atoms with Crippen molar-refractivity contribution in [2.45, 2.75) is 205 Å². The maximum atomic E-state index is 13.0. The molecule has 4 aromatic heterocycles. The fraction of sp³-hybridized carbons (Fsp3) is 0.667. The highest BCUT2D eigenvalue weighted by atomic mass is 31.3. The Morgan fingerprint density at radius 1 is 0.517 bits per heavy atom. The zero-order valence-electron chi connectivity index (χ0n) is 65.2. The molecule has 5 aromatic rings. The molecular formula is C66H94N14O34P6-8. The highest BCUT2D eigenvalue weighted by Gasteiger charge is 2.50. The molecule has 14 unspecified atom stereocenters. The highest BCUT2D eigenvalue weighted by molar-refractivity contribution is 7.60. The van der Waals surface area contributed by atoms with Crippen LogP contribution in [0.15, 0.2) is 49.6 Å². The minimum absolute atomic E-state index is 0.00802. The average molecular weight is 1810 g/mol. The number of fused-ring (bicyclic) bond motifs is 2. The van der Waals surface area contributed by atoms with E-state index in [4.69, 9.17) is 20.9 Å². The molecule has 9 rings (SSSR count). The molecule has 14 atom stereocenters. The molecule has 6 heterocycles. The second-order valence-corrected chi connectivity index (χ2v) is 39.3. The van der Waals surface area contributed by atoms with Gasteiger partial charge in [0, 0.05) is 75.5 Å². The lowest BCUT2D eigenvalue weighted by molar-refractivity contribution is -0.348. The zero-order valence-corrected chi connectivity index (χ0v) is 70.6. The van der Waals surface area contributed by atoms with Gasteiger partial charge in [-0.25, -0.2) is 38.5 Å². The molecule has 54 heteroatoms. The minimum atomic E-state index is -5.98. The number of Topliss-reactive ketones (excluding diaryl/α,β-unsaturated/α-hetero) is 2. The highest BCUT2D eigenvalue weighted by Crippen LogP contribution is 2.59. The van der Waals surface area contributed by atoms with E-state index < -0.39 is 169 Å². The quantitative estimate of drug-likeness (QED) is 0.0138. The standard InChI is InChI=1S/C66H102N14O34P6/c1-63(2,33-107-119(101,102)113-117(97,98)105-31-43-51(111-115(91,92)93)49(85)61(109-43)79-37-77-47-55(67)73-35-75-57(47)79)53(87)59(89)71-27-17-45(83)69-25-15-41(81)29-65(21-22-65)19-7-5-9-39-11-13-40(14-12-39)10-6-8-20-66(23-24-66)30-42(82)16-26-70-46(84)18-28-72-60(90)54(88)64(3,4)34-108-120(103,104)114-118(99,100)106-32-44-52(112-116(94,95)96)50(86)62(110-44)80-38-78-48-56(68)74-36-76-58(48)80/h11-14,35-38,43-44,49-54,61-62,85-88H,5-10,15-34H2,1-4H3,(H,69,83)(H,70,84)(H,71,89)(H,72,90)(H,97,98)(H,99,100)(H,101,102)(H,103,104)(H2,67,73,75)(H2,68,74,76)(H2,91,92,93)(H2,94,95,96)/p-8. The Bertz CT molecular complexity index is 4450. The van der Waals surface area contributed by atoms with E-state index in [2.05, 4.69) is 111 Å². The summed E-state index contributed by atoms with van der Waals surface area (Å²) in [6.45, 7) is -0.447. The van der Waals surface area contributed by atoms with Crippen molar-refractivity contribution in [3.8, 4) is 0 Å². The second-order valence-electron chi connectivity index (χ2n) is 31.1. The summed E-state index contributed by atoms with van der Waals surface area (Å²) >= 11 is 0. The number of unbranched alkanes of at least 4 members (excludes halogenated alkanes) is 2. The fourth-order valence-electron chi connectivity index (χ4n) is 13.4. The molecule has 1 aromatic carbocycles. The summed E-state index contributed by atoms with van der Waals surface area (Å²) < 4.78 is 123. The van der Waals surface area contributed by atoms with Gasteiger partial charge in [-0.15, -0.1) is 0 Å². The van der Waals surface area contributed by atoms with Crippen LogP contribution in [0, 0.1) is 21.7 Å². The van der Waals surface area contributed by atoms with E-state index in [9.17, 15) is 116 Å². The Hall–Kier alpha value is -6.36. The molecule has 4 fully saturated rings. The van der Waals surface area contributed by atoms with Crippen LogP contribution in [0.4, 0.5) is 11.6 Å². The number of hydrogen-bond acceptors (Lipinski definition) is 42. The predicted molar refractivity (Wildman–Crippen MR) is 395 cm³/mol. The first-order valence-electron chi connectivity index (χ1n) is 37.7. The van der Waals surface area contributed by atoms with E-state index >= 15 is 0 Å². The van der Waals surface area contributed by atoms with Gasteiger partial charge in [0.15, 0.2) is 35.4 Å². The Balaban J connectivity index is 0.568. The molecule has 2 saturated heterocycles. The first-order valence-corrected chi connectivity index (χ1v) is 46.5. The largest absolute Gasteiger partial charge is 0.790 e. The predicted octanol–water partition coefficient (Wildman–Crippen LogP) is -2.85. The molecule has 0 bridgehead atoms. The number of nitrogens with zero attached hydrogens (tertiary/aromatic N) is 8. The van der Waals surface area contributed by atoms with Gasteiger partial charge in [0.05, 0.1) is 54.7 Å². The van der Waals surface area contributed by atoms with Gasteiger partial charge in [0.1, 0.15) is 84.1 Å². The Kier molecular flexibility index (Phi) is 33.1. The van der Waals surface area contributed by atoms with Crippen molar-refractivity contribution < 1.29 is 161 Å². The molecule has 12 N–H and O–H groups in total. The number of amides is 4. The van der Waals surface area contributed by atoms with Crippen molar-refractivity contribution in [1.29, 1.82) is 0 Å². The fourth-order valence-corrected chi connectivity index (χ4v) is 18.9. The molecule has 2 aliphatic carbocycles. The van der Waals surface area contributed by atoms with E-state index in [0.717, 1.165) is 111 Å². The number of nitrogen functional groups attached to an aromatic ring is 2. The second kappa shape index (κ2) is 40.7. The topological polar surface area (TPSA) is 750 Å². The first-order chi connectivity index (χ1) is 56.0. The van der Waals surface area contributed by atoms with Crippen molar-refractivity contribution in [3.05, 3.63) is 60.7 Å². The maximum Gasteiger partial charge on any atom is 0.274 e. The number of ketones is 2. The number of anilines is 2. The Morgan fingerprint density at radius 3 is 1.20 bits per heavy atom. The third-order valence-electron chi connectivity index (χ3n) is 20.5. The van der Waals surface area contributed by atoms with E-state index in [1.807, 2.05) is 0 Å². The SMILES string of the molecule is CC(C)(COP(=O)([O-])OP(=O)([O-])OCC1OC(n2cnc3c(N)ncnc32)C(O)C1OP(=O)([O-])[O-])C(O)C(=O)NCCC(=O)NCCC(=O)CC1(CCCCc2ccc(CCCCC3(CC(=O)CCNC(=O)CCNC(=O)C(O)C(C)(C)COP(=O)([O-])OP(=O)([O-])OCC4OC(n5cnc6c(N)ncnc65)C(O)C4OP(=O)([O-])[O-])CC3)cc2)CC1. The molecule has 670 valence electrons. The van der Waals surface area contributed by atoms with Gasteiger partial charge in [-0.1, -0.05) is 64.8 Å². The number of imidazole rings is 2. The van der Waals surface area contributed by atoms with Gasteiger partial charge in [-0.05, 0) is 86.2 Å². The molecular weight excluding hydrogens is 1720 g/mol. The Morgan fingerprint density at radius 2 is 0.858 bits per heavy atom. The van der Waals surface area contributed by atoms with Gasteiger partial charge in [0.2, 0.25) is 23.6 Å². The first kappa shape index (κ1) is 97.4. The summed E-state index contributed by atoms with van der Waals surface area (Å²) in [6, 6.07) is 8.47. The van der Waals surface area contributed by atoms with Crippen LogP contribution in [0.25, 0.3) is 22.3 Å². The molecule has 120 heavy (non-hydrogen) atoms. The number of rotatable bonds is 52. The van der Waals surface area contributed by atoms with Crippen LogP contribution in [0.2, 0.25) is 0 Å². The summed E-state index contributed by atoms with van der Waals surface area (Å²) in [5.74, 6) is -3.36. The molecule has 2 aliphatic heterocycles. The van der Waals surface area contributed by atoms with Crippen LogP contribution in [0.3, 0.4) is 0 Å². The number of aromatic nitrogens is 8. The van der Waals surface area contributed by atoms with Crippen LogP contribution in [0.5, 0.6) is 0 Å². The number of aliphatic hydroxyl groups excluding tert-OH is 4. The number of benzene rings is 1. The summed E-state index contributed by atoms with van der Waals surface area (Å²) in [5, 5.41) is 53.3. The van der Waals surface area contributed by atoms with Gasteiger partial charge < -0.3 is 138 Å². The summed E-state index contributed by atoms with van der Waals surface area (Å²) in [4.78, 5) is 197. The van der Waals surface area contributed by atoms with E-state index in [-0.39, 0.29) is 108 Å². The third kappa shape index (κ3) is 28.9. The number of carbonyl (C=O) groups is 6. The van der Waals surface area contributed by atoms with Gasteiger partial charge in [-0.3, -0.25) is 56.2 Å².